The number of ether oxygens (including phenoxy) is 7. The third-order valence-corrected chi connectivity index (χ3v) is 5.97. The molecule has 1 aliphatic carbocycles. The lowest BCUT2D eigenvalue weighted by Gasteiger charge is -2.22. The van der Waals surface area contributed by atoms with Crippen molar-refractivity contribution in [2.24, 2.45) is 16.6 Å². The number of carbonyl (C=O) groups excluding carboxylic acids is 4. The summed E-state index contributed by atoms with van der Waals surface area (Å²) >= 11 is 0. The average Bonchev–Trinajstić information content (AvgIpc) is 2.90. The maximum absolute atomic E-state index is 12.6. The van der Waals surface area contributed by atoms with Gasteiger partial charge >= 0.3 is 24.4 Å². The summed E-state index contributed by atoms with van der Waals surface area (Å²) in [5.41, 5.74) is 5.96. The Kier molecular flexibility index (Phi) is 13.6. The van der Waals surface area contributed by atoms with Crippen LogP contribution in [0.5, 0.6) is 11.5 Å². The van der Waals surface area contributed by atoms with Crippen LogP contribution < -0.4 is 15.2 Å². The lowest BCUT2D eigenvalue weighted by atomic mass is 9.98. The van der Waals surface area contributed by atoms with Gasteiger partial charge in [0.1, 0.15) is 24.9 Å². The second kappa shape index (κ2) is 16.3. The molecule has 0 amide bonds. The summed E-state index contributed by atoms with van der Waals surface area (Å²) in [5, 5.41) is 0. The number of hydrogen-bond donors (Lipinski definition) is 1. The molecule has 12 nitrogen and oxygen atoms in total. The minimum Gasteiger partial charge on any atom is -0.461 e. The van der Waals surface area contributed by atoms with Crippen LogP contribution in [0.4, 0.5) is 14.4 Å². The van der Waals surface area contributed by atoms with Gasteiger partial charge in [-0.1, -0.05) is 54.0 Å². The Balaban J connectivity index is 1.98. The SMILES string of the molecule is C[C@@H](COC(=O)[C@@H](N)Cc1ccc(OC(=O)OCC(C)(C)C)c(OC(=O)OCC(C)(C)C)c1)OC(=O)OC1CCCCC1. The van der Waals surface area contributed by atoms with Crippen LogP contribution in [0.1, 0.15) is 86.1 Å². The zero-order chi connectivity index (χ0) is 32.2. The maximum atomic E-state index is 12.6. The molecule has 0 saturated heterocycles. The van der Waals surface area contributed by atoms with E-state index in [9.17, 15) is 19.2 Å². The molecule has 1 fully saturated rings. The van der Waals surface area contributed by atoms with E-state index < -0.39 is 36.6 Å². The molecule has 0 bridgehead atoms. The smallest absolute Gasteiger partial charge is 0.461 e. The molecule has 2 N–H and O–H groups in total. The average molecular weight is 610 g/mol. The standard InChI is InChI=1S/C31H47NO11/c1-20(40-29(36)41-22-11-9-8-10-12-22)17-37-26(33)23(32)15-21-13-14-24(42-27(34)38-18-30(2,3)4)25(16-21)43-28(35)39-19-31(5,6)7/h13-14,16,20,22-23H,8-12,15,17-19,32H2,1-7H3/t20-,23-/m0/s1. The fourth-order valence-corrected chi connectivity index (χ4v) is 3.82. The summed E-state index contributed by atoms with van der Waals surface area (Å²) in [6, 6.07) is 3.27. The summed E-state index contributed by atoms with van der Waals surface area (Å²) in [4.78, 5) is 49.2. The first kappa shape index (κ1) is 35.7. The molecule has 0 spiro atoms. The first-order valence-corrected chi connectivity index (χ1v) is 14.6. The minimum atomic E-state index is -1.09. The Labute approximate surface area is 253 Å². The fourth-order valence-electron chi connectivity index (χ4n) is 3.82. The van der Waals surface area contributed by atoms with E-state index in [1.54, 1.807) is 13.0 Å². The molecule has 0 radical (unpaired) electrons. The van der Waals surface area contributed by atoms with Crippen LogP contribution in [0, 0.1) is 10.8 Å². The summed E-state index contributed by atoms with van der Waals surface area (Å²) < 4.78 is 36.6. The Morgan fingerprint density at radius 3 is 1.93 bits per heavy atom. The Bertz CT molecular complexity index is 1080. The van der Waals surface area contributed by atoms with Gasteiger partial charge in [0.15, 0.2) is 11.5 Å². The van der Waals surface area contributed by atoms with Gasteiger partial charge in [-0.25, -0.2) is 14.4 Å². The number of benzene rings is 1. The molecule has 43 heavy (non-hydrogen) atoms. The summed E-state index contributed by atoms with van der Waals surface area (Å²) in [7, 11) is 0. The van der Waals surface area contributed by atoms with E-state index in [2.05, 4.69) is 0 Å². The van der Waals surface area contributed by atoms with Gasteiger partial charge in [0.25, 0.3) is 0 Å². The molecule has 0 heterocycles. The van der Waals surface area contributed by atoms with E-state index in [1.165, 1.54) is 12.1 Å². The molecule has 242 valence electrons. The third-order valence-electron chi connectivity index (χ3n) is 5.97. The molecule has 2 rings (SSSR count). The molecule has 0 unspecified atom stereocenters. The van der Waals surface area contributed by atoms with Crippen LogP contribution in [0.15, 0.2) is 18.2 Å². The fraction of sp³-hybridized carbons (Fsp3) is 0.677. The first-order chi connectivity index (χ1) is 20.0. The second-order valence-electron chi connectivity index (χ2n) is 13.2. The molecule has 0 aliphatic heterocycles. The second-order valence-corrected chi connectivity index (χ2v) is 13.2. The van der Waals surface area contributed by atoms with Crippen molar-refractivity contribution in [2.75, 3.05) is 19.8 Å². The van der Waals surface area contributed by atoms with Crippen LogP contribution >= 0.6 is 0 Å². The molecule has 2 atom stereocenters. The molecule has 0 aromatic heterocycles. The van der Waals surface area contributed by atoms with Crippen molar-refractivity contribution in [1.82, 2.24) is 0 Å². The number of carbonyl (C=O) groups is 4. The Hall–Kier alpha value is -3.54. The normalized spacial score (nSPS) is 15.4. The monoisotopic (exact) mass is 609 g/mol. The maximum Gasteiger partial charge on any atom is 0.513 e. The molecule has 1 saturated carbocycles. The van der Waals surface area contributed by atoms with E-state index >= 15 is 0 Å². The number of nitrogens with two attached hydrogens (primary N) is 1. The van der Waals surface area contributed by atoms with Gasteiger partial charge in [0.2, 0.25) is 0 Å². The van der Waals surface area contributed by atoms with Gasteiger partial charge in [-0.05, 0) is 67.6 Å². The third kappa shape index (κ3) is 15.0. The zero-order valence-corrected chi connectivity index (χ0v) is 26.4. The van der Waals surface area contributed by atoms with Crippen LogP contribution in [0.25, 0.3) is 0 Å². The predicted octanol–water partition coefficient (Wildman–Crippen LogP) is 6.10. The van der Waals surface area contributed by atoms with Crippen LogP contribution in [0.2, 0.25) is 0 Å². The molecule has 1 aromatic rings. The summed E-state index contributed by atoms with van der Waals surface area (Å²) in [6.45, 7) is 12.9. The summed E-state index contributed by atoms with van der Waals surface area (Å²) in [6.07, 6.45) is 1.12. The minimum absolute atomic E-state index is 0.0000572. The highest BCUT2D eigenvalue weighted by Crippen LogP contribution is 2.30. The highest BCUT2D eigenvalue weighted by Gasteiger charge is 2.24. The van der Waals surface area contributed by atoms with E-state index in [4.69, 9.17) is 38.9 Å². The van der Waals surface area contributed by atoms with E-state index in [1.807, 2.05) is 41.5 Å². The Morgan fingerprint density at radius 2 is 1.37 bits per heavy atom. The van der Waals surface area contributed by atoms with Crippen LogP contribution in [-0.2, 0) is 34.9 Å². The van der Waals surface area contributed by atoms with Crippen molar-refractivity contribution in [3.63, 3.8) is 0 Å². The molecule has 12 heteroatoms. The number of hydrogen-bond acceptors (Lipinski definition) is 12. The van der Waals surface area contributed by atoms with E-state index in [0.29, 0.717) is 5.56 Å². The quantitative estimate of drug-likeness (QED) is 0.175. The van der Waals surface area contributed by atoms with Gasteiger partial charge in [-0.3, -0.25) is 4.79 Å². The highest BCUT2D eigenvalue weighted by molar-refractivity contribution is 5.76. The number of esters is 1. The predicted molar refractivity (Wildman–Crippen MR) is 156 cm³/mol. The molecule has 1 aliphatic rings. The lowest BCUT2D eigenvalue weighted by molar-refractivity contribution is -0.148. The lowest BCUT2D eigenvalue weighted by Crippen LogP contribution is -2.36. The van der Waals surface area contributed by atoms with Gasteiger partial charge in [-0.15, -0.1) is 0 Å². The first-order valence-electron chi connectivity index (χ1n) is 14.6. The van der Waals surface area contributed by atoms with Crippen molar-refractivity contribution in [2.45, 2.75) is 105 Å². The number of rotatable bonds is 11. The summed E-state index contributed by atoms with van der Waals surface area (Å²) in [5.74, 6) is -0.935. The Morgan fingerprint density at radius 1 is 0.814 bits per heavy atom. The van der Waals surface area contributed by atoms with Crippen molar-refractivity contribution < 1.29 is 52.3 Å². The largest absolute Gasteiger partial charge is 0.513 e. The van der Waals surface area contributed by atoms with Gasteiger partial charge in [0, 0.05) is 0 Å². The van der Waals surface area contributed by atoms with Crippen molar-refractivity contribution in [1.29, 1.82) is 0 Å². The molecule has 1 aromatic carbocycles. The van der Waals surface area contributed by atoms with Crippen molar-refractivity contribution in [3.05, 3.63) is 23.8 Å². The molecular weight excluding hydrogens is 562 g/mol. The highest BCUT2D eigenvalue weighted by atomic mass is 16.8. The van der Waals surface area contributed by atoms with E-state index in [0.717, 1.165) is 32.1 Å². The van der Waals surface area contributed by atoms with Gasteiger partial charge in [-0.2, -0.15) is 0 Å². The topological polar surface area (TPSA) is 159 Å². The van der Waals surface area contributed by atoms with Crippen LogP contribution in [0.3, 0.4) is 0 Å². The zero-order valence-electron chi connectivity index (χ0n) is 26.4. The van der Waals surface area contributed by atoms with Gasteiger partial charge in [0.05, 0.1) is 13.2 Å². The van der Waals surface area contributed by atoms with Gasteiger partial charge < -0.3 is 38.9 Å². The van der Waals surface area contributed by atoms with E-state index in [-0.39, 0.29) is 54.7 Å². The van der Waals surface area contributed by atoms with Crippen molar-refractivity contribution >= 4 is 24.4 Å². The van der Waals surface area contributed by atoms with Crippen molar-refractivity contribution in [3.8, 4) is 11.5 Å². The molecular formula is C31H47NO11. The van der Waals surface area contributed by atoms with Crippen LogP contribution in [-0.4, -0.2) is 62.5 Å².